The van der Waals surface area contributed by atoms with Crippen LogP contribution in [-0.4, -0.2) is 74.7 Å². The van der Waals surface area contributed by atoms with Gasteiger partial charge in [-0.1, -0.05) is 0 Å². The average molecular weight is 285 g/mol. The van der Waals surface area contributed by atoms with Gasteiger partial charge in [0.15, 0.2) is 5.82 Å². The van der Waals surface area contributed by atoms with Crippen LogP contribution in [0.1, 0.15) is 0 Å². The van der Waals surface area contributed by atoms with Gasteiger partial charge in [0.05, 0.1) is 26.0 Å². The molecule has 1 aliphatic rings. The summed E-state index contributed by atoms with van der Waals surface area (Å²) in [6.07, 6.45) is 1.47. The van der Waals surface area contributed by atoms with Gasteiger partial charge in [-0.05, 0) is 12.2 Å². The molecule has 1 aromatic heterocycles. The van der Waals surface area contributed by atoms with E-state index in [0.29, 0.717) is 37.1 Å². The summed E-state index contributed by atoms with van der Waals surface area (Å²) in [5.41, 5.74) is 0.405. The normalized spacial score (nSPS) is 16.4. The van der Waals surface area contributed by atoms with Crippen molar-refractivity contribution in [1.82, 2.24) is 20.0 Å². The van der Waals surface area contributed by atoms with E-state index >= 15 is 0 Å². The zero-order valence-electron chi connectivity index (χ0n) is 11.7. The van der Waals surface area contributed by atoms with Gasteiger partial charge < -0.3 is 10.1 Å². The Morgan fingerprint density at radius 3 is 3.00 bits per heavy atom. The third-order valence-electron chi connectivity index (χ3n) is 2.97. The van der Waals surface area contributed by atoms with Crippen LogP contribution < -0.4 is 10.8 Å². The zero-order valence-corrected chi connectivity index (χ0v) is 11.7. The predicted octanol–water partition coefficient (Wildman–Crippen LogP) is -1.38. The van der Waals surface area contributed by atoms with E-state index in [1.54, 1.807) is 0 Å². The molecule has 1 saturated heterocycles. The van der Waals surface area contributed by atoms with Crippen LogP contribution in [0.2, 0.25) is 0 Å². The maximum Gasteiger partial charge on any atom is 0.223 e. The predicted molar refractivity (Wildman–Crippen MR) is 80.5 cm³/mol. The number of morpholine rings is 1. The molecular weight excluding hydrogens is 269 g/mol. The molecule has 108 valence electrons. The average Bonchev–Trinajstić information content (AvgIpc) is 2.89. The van der Waals surface area contributed by atoms with Gasteiger partial charge >= 0.3 is 0 Å². The fraction of sp³-hybridized carbons (Fsp3) is 0.500. The third kappa shape index (κ3) is 3.90. The summed E-state index contributed by atoms with van der Waals surface area (Å²) >= 11 is 0. The van der Waals surface area contributed by atoms with E-state index < -0.39 is 0 Å². The highest BCUT2D eigenvalue weighted by molar-refractivity contribution is 6.35. The summed E-state index contributed by atoms with van der Waals surface area (Å²) in [5.74, 6) is 0.823. The van der Waals surface area contributed by atoms with Gasteiger partial charge in [-0.3, -0.25) is 4.90 Å². The van der Waals surface area contributed by atoms with Crippen molar-refractivity contribution in [2.24, 2.45) is 9.98 Å². The van der Waals surface area contributed by atoms with Crippen molar-refractivity contribution in [2.75, 3.05) is 39.5 Å². The van der Waals surface area contributed by atoms with Gasteiger partial charge in [-0.25, -0.2) is 9.98 Å². The molecule has 0 amide bonds. The molecular formula is C12H16BN7O. The van der Waals surface area contributed by atoms with Crippen LogP contribution in [0.3, 0.4) is 0 Å². The van der Waals surface area contributed by atoms with E-state index in [1.807, 2.05) is 6.07 Å². The lowest BCUT2D eigenvalue weighted by Crippen LogP contribution is -2.38. The lowest BCUT2D eigenvalue weighted by Gasteiger charge is -2.25. The molecule has 1 fully saturated rings. The summed E-state index contributed by atoms with van der Waals surface area (Å²) < 4.78 is 6.73. The molecule has 21 heavy (non-hydrogen) atoms. The SMILES string of the molecule is [B]c1cnn(/C(=N\CN2CCOCC2)NCC#N)c1N=C. The lowest BCUT2D eigenvalue weighted by atomic mass is 10.0. The number of hydrogen-bond acceptors (Lipinski definition) is 6. The fourth-order valence-corrected chi connectivity index (χ4v) is 1.89. The molecule has 0 saturated carbocycles. The Hall–Kier alpha value is -2.18. The largest absolute Gasteiger partial charge is 0.379 e. The number of nitrogens with one attached hydrogen (secondary N) is 1. The van der Waals surface area contributed by atoms with Gasteiger partial charge in [0.1, 0.15) is 14.4 Å². The first-order valence-electron chi connectivity index (χ1n) is 6.52. The summed E-state index contributed by atoms with van der Waals surface area (Å²) in [6.45, 7) is 7.10. The van der Waals surface area contributed by atoms with Gasteiger partial charge in [0.25, 0.3) is 0 Å². The van der Waals surface area contributed by atoms with Crippen LogP contribution in [0.4, 0.5) is 5.82 Å². The first-order valence-corrected chi connectivity index (χ1v) is 6.52. The number of aliphatic imine (C=N–C) groups is 2. The van der Waals surface area contributed by atoms with Gasteiger partial charge in [-0.15, -0.1) is 0 Å². The molecule has 1 aliphatic heterocycles. The molecule has 0 bridgehead atoms. The highest BCUT2D eigenvalue weighted by Gasteiger charge is 2.13. The summed E-state index contributed by atoms with van der Waals surface area (Å²) in [5, 5.41) is 15.7. The number of aromatic nitrogens is 2. The standard InChI is InChI=1S/C12H16BN7O/c1-15-11-10(13)8-18-20(11)12(16-3-2-14)17-9-19-4-6-21-7-5-19/h8H,1,3-7,9H2,(H,16,17). The Morgan fingerprint density at radius 1 is 1.57 bits per heavy atom. The van der Waals surface area contributed by atoms with Crippen LogP contribution in [0.5, 0.6) is 0 Å². The molecule has 0 aromatic carbocycles. The minimum absolute atomic E-state index is 0.109. The number of ether oxygens (including phenoxy) is 1. The highest BCUT2D eigenvalue weighted by atomic mass is 16.5. The van der Waals surface area contributed by atoms with Gasteiger partial charge in [-0.2, -0.15) is 15.0 Å². The van der Waals surface area contributed by atoms with Crippen LogP contribution in [0.25, 0.3) is 0 Å². The topological polar surface area (TPSA) is 90.8 Å². The first kappa shape index (κ1) is 15.2. The Balaban J connectivity index is 2.16. The second-order valence-electron chi connectivity index (χ2n) is 4.36. The van der Waals surface area contributed by atoms with Crippen molar-refractivity contribution in [3.8, 4) is 6.07 Å². The molecule has 0 spiro atoms. The van der Waals surface area contributed by atoms with Gasteiger partial charge in [0, 0.05) is 19.3 Å². The molecule has 0 atom stereocenters. The second kappa shape index (κ2) is 7.57. The van der Waals surface area contributed by atoms with E-state index in [9.17, 15) is 0 Å². The molecule has 1 aromatic rings. The maximum atomic E-state index is 8.73. The van der Waals surface area contributed by atoms with Crippen LogP contribution in [0, 0.1) is 11.3 Å². The number of nitriles is 1. The highest BCUT2D eigenvalue weighted by Crippen LogP contribution is 2.05. The molecule has 2 radical (unpaired) electrons. The minimum atomic E-state index is 0.109. The Morgan fingerprint density at radius 2 is 2.33 bits per heavy atom. The van der Waals surface area contributed by atoms with Crippen LogP contribution >= 0.6 is 0 Å². The number of nitrogens with zero attached hydrogens (tertiary/aromatic N) is 6. The lowest BCUT2D eigenvalue weighted by molar-refractivity contribution is 0.0393. The van der Waals surface area contributed by atoms with Crippen molar-refractivity contribution in [1.29, 1.82) is 5.26 Å². The maximum absolute atomic E-state index is 8.73. The Kier molecular flexibility index (Phi) is 5.48. The molecule has 9 heteroatoms. The smallest absolute Gasteiger partial charge is 0.223 e. The van der Waals surface area contributed by atoms with Crippen molar-refractivity contribution in [3.05, 3.63) is 6.20 Å². The molecule has 0 aliphatic carbocycles. The third-order valence-corrected chi connectivity index (χ3v) is 2.97. The summed E-state index contributed by atoms with van der Waals surface area (Å²) in [4.78, 5) is 10.4. The van der Waals surface area contributed by atoms with Crippen LogP contribution in [0.15, 0.2) is 16.2 Å². The van der Waals surface area contributed by atoms with E-state index in [2.05, 4.69) is 32.0 Å². The summed E-state index contributed by atoms with van der Waals surface area (Å²) in [6, 6.07) is 2.01. The van der Waals surface area contributed by atoms with Crippen molar-refractivity contribution in [3.63, 3.8) is 0 Å². The number of rotatable bonds is 4. The molecule has 2 rings (SSSR count). The number of hydrogen-bond donors (Lipinski definition) is 1. The second-order valence-corrected chi connectivity index (χ2v) is 4.36. The Labute approximate surface area is 124 Å². The summed E-state index contributed by atoms with van der Waals surface area (Å²) in [7, 11) is 5.77. The Bertz CT molecular complexity index is 556. The van der Waals surface area contributed by atoms with E-state index in [4.69, 9.17) is 17.8 Å². The quantitative estimate of drug-likeness (QED) is 0.318. The van der Waals surface area contributed by atoms with Crippen molar-refractivity contribution in [2.45, 2.75) is 0 Å². The van der Waals surface area contributed by atoms with Crippen LogP contribution in [-0.2, 0) is 4.74 Å². The molecule has 2 heterocycles. The fourth-order valence-electron chi connectivity index (χ4n) is 1.89. The van der Waals surface area contributed by atoms with Crippen molar-refractivity contribution < 1.29 is 4.74 Å². The zero-order chi connectivity index (χ0) is 15.1. The van der Waals surface area contributed by atoms with E-state index in [1.165, 1.54) is 10.9 Å². The van der Waals surface area contributed by atoms with Gasteiger partial charge in [0.2, 0.25) is 5.96 Å². The molecule has 1 N–H and O–H groups in total. The van der Waals surface area contributed by atoms with Crippen molar-refractivity contribution >= 4 is 31.8 Å². The minimum Gasteiger partial charge on any atom is -0.379 e. The van der Waals surface area contributed by atoms with E-state index in [0.717, 1.165) is 13.1 Å². The molecule has 0 unspecified atom stereocenters. The van der Waals surface area contributed by atoms with E-state index in [-0.39, 0.29) is 6.54 Å². The first-order chi connectivity index (χ1) is 10.3. The monoisotopic (exact) mass is 285 g/mol. The molecule has 8 nitrogen and oxygen atoms in total.